The lowest BCUT2D eigenvalue weighted by molar-refractivity contribution is -0.870. The van der Waals surface area contributed by atoms with Crippen LogP contribution in [-0.2, 0) is 27.9 Å². The number of phosphoric ester groups is 1. The summed E-state index contributed by atoms with van der Waals surface area (Å²) in [5.74, 6) is -0.322. The summed E-state index contributed by atoms with van der Waals surface area (Å²) in [5, 5.41) is 0. The number of hydrogen-bond donors (Lipinski definition) is 1. The highest BCUT2D eigenvalue weighted by atomic mass is 31.2. The van der Waals surface area contributed by atoms with E-state index in [1.807, 2.05) is 21.1 Å². The highest BCUT2D eigenvalue weighted by Gasteiger charge is 2.26. The minimum Gasteiger partial charge on any atom is -0.457 e. The maximum atomic E-state index is 12.7. The topological polar surface area (TPSA) is 91.3 Å². The van der Waals surface area contributed by atoms with Crippen molar-refractivity contribution < 1.29 is 37.3 Å². The molecule has 0 aromatic carbocycles. The van der Waals surface area contributed by atoms with E-state index in [0.29, 0.717) is 24.1 Å². The summed E-state index contributed by atoms with van der Waals surface area (Å²) in [7, 11) is 1.65. The monoisotopic (exact) mass is 863 g/mol. The Morgan fingerprint density at radius 3 is 1.45 bits per heavy atom. The number of quaternary nitrogens is 1. The van der Waals surface area contributed by atoms with Gasteiger partial charge in [-0.2, -0.15) is 0 Å². The maximum absolute atomic E-state index is 12.7. The van der Waals surface area contributed by atoms with Gasteiger partial charge in [-0.3, -0.25) is 13.8 Å². The van der Waals surface area contributed by atoms with Gasteiger partial charge in [0, 0.05) is 13.0 Å². The molecule has 348 valence electrons. The molecule has 60 heavy (non-hydrogen) atoms. The van der Waals surface area contributed by atoms with E-state index in [0.717, 1.165) is 83.5 Å². The first kappa shape index (κ1) is 57.9. The Kier molecular flexibility index (Phi) is 42.1. The number of likely N-dealkylation sites (N-methyl/N-ethyl adjacent to an activating group) is 1. The number of allylic oxidation sites excluding steroid dienone is 12. The molecular formula is C51H93NO7P+. The second kappa shape index (κ2) is 43.6. The van der Waals surface area contributed by atoms with E-state index in [-0.39, 0.29) is 25.8 Å². The van der Waals surface area contributed by atoms with Gasteiger partial charge in [0.1, 0.15) is 19.3 Å². The Bertz CT molecular complexity index is 1190. The summed E-state index contributed by atoms with van der Waals surface area (Å²) in [6.07, 6.45) is 56.5. The molecule has 0 saturated carbocycles. The van der Waals surface area contributed by atoms with Gasteiger partial charge < -0.3 is 18.9 Å². The summed E-state index contributed by atoms with van der Waals surface area (Å²) in [6.45, 7) is 5.46. The van der Waals surface area contributed by atoms with Gasteiger partial charge in [0.2, 0.25) is 0 Å². The van der Waals surface area contributed by atoms with Crippen LogP contribution in [0.3, 0.4) is 0 Å². The molecule has 0 aliphatic rings. The number of carbonyl (C=O) groups excluding carboxylic acids is 1. The molecule has 0 bridgehead atoms. The average molecular weight is 863 g/mol. The Morgan fingerprint density at radius 2 is 0.967 bits per heavy atom. The van der Waals surface area contributed by atoms with E-state index in [9.17, 15) is 14.3 Å². The lowest BCUT2D eigenvalue weighted by Gasteiger charge is -2.24. The summed E-state index contributed by atoms with van der Waals surface area (Å²) in [6, 6.07) is 0. The normalized spacial score (nSPS) is 14.3. The fourth-order valence-electron chi connectivity index (χ4n) is 6.32. The highest BCUT2D eigenvalue weighted by molar-refractivity contribution is 7.47. The fraction of sp³-hybridized carbons (Fsp3) is 0.745. The third-order valence-electron chi connectivity index (χ3n) is 10.0. The van der Waals surface area contributed by atoms with Crippen molar-refractivity contribution in [2.24, 2.45) is 0 Å². The van der Waals surface area contributed by atoms with Crippen LogP contribution in [0.4, 0.5) is 0 Å². The van der Waals surface area contributed by atoms with Crippen molar-refractivity contribution in [3.63, 3.8) is 0 Å². The Labute approximate surface area is 370 Å². The number of ether oxygens (including phenoxy) is 2. The second-order valence-corrected chi connectivity index (χ2v) is 18.6. The first-order valence-corrected chi connectivity index (χ1v) is 25.7. The summed E-state index contributed by atoms with van der Waals surface area (Å²) in [4.78, 5) is 22.9. The Morgan fingerprint density at radius 1 is 0.533 bits per heavy atom. The van der Waals surface area contributed by atoms with Crippen LogP contribution < -0.4 is 0 Å². The van der Waals surface area contributed by atoms with Crippen LogP contribution >= 0.6 is 7.82 Å². The van der Waals surface area contributed by atoms with Crippen LogP contribution in [0.25, 0.3) is 0 Å². The van der Waals surface area contributed by atoms with Crippen LogP contribution in [-0.4, -0.2) is 75.6 Å². The van der Waals surface area contributed by atoms with Crippen molar-refractivity contribution >= 4 is 13.8 Å². The molecule has 0 fully saturated rings. The molecule has 2 atom stereocenters. The van der Waals surface area contributed by atoms with E-state index >= 15 is 0 Å². The molecule has 0 spiro atoms. The lowest BCUT2D eigenvalue weighted by Crippen LogP contribution is -2.37. The summed E-state index contributed by atoms with van der Waals surface area (Å²) < 4.78 is 35.1. The predicted molar refractivity (Wildman–Crippen MR) is 256 cm³/mol. The van der Waals surface area contributed by atoms with Gasteiger partial charge in [-0.15, -0.1) is 0 Å². The van der Waals surface area contributed by atoms with Crippen LogP contribution in [0.2, 0.25) is 0 Å². The number of nitrogens with zero attached hydrogens (tertiary/aromatic N) is 1. The zero-order valence-electron chi connectivity index (χ0n) is 39.4. The standard InChI is InChI=1S/C51H92NO7P/c1-6-8-10-12-14-16-18-20-22-23-24-25-26-27-28-29-30-31-33-35-37-39-41-43-46-56-48-50(49-58-60(54,55)57-47-45-52(3,4)5)59-51(53)44-42-40-38-36-34-32-21-19-17-15-13-11-9-7-2/h8,10,14,16,20,22,24-25,27-28,30-31,50H,6-7,9,11-13,15,17-19,21,23,26,29,32-49H2,1-5H3/p+1/b10-8-,16-14-,22-20-,25-24-,28-27-,31-30-. The summed E-state index contributed by atoms with van der Waals surface area (Å²) in [5.41, 5.74) is 0. The number of phosphoric acid groups is 1. The minimum absolute atomic E-state index is 0.0821. The molecule has 2 unspecified atom stereocenters. The van der Waals surface area contributed by atoms with E-state index in [1.54, 1.807) is 0 Å². The van der Waals surface area contributed by atoms with Crippen molar-refractivity contribution in [2.75, 3.05) is 54.1 Å². The van der Waals surface area contributed by atoms with Gasteiger partial charge in [0.25, 0.3) is 0 Å². The van der Waals surface area contributed by atoms with E-state index < -0.39 is 13.9 Å². The molecule has 0 rings (SSSR count). The van der Waals surface area contributed by atoms with Gasteiger partial charge in [0.05, 0.1) is 34.4 Å². The quantitative estimate of drug-likeness (QED) is 0.0214. The second-order valence-electron chi connectivity index (χ2n) is 17.1. The molecule has 0 saturated heterocycles. The minimum atomic E-state index is -4.29. The SMILES string of the molecule is CC/C=C\C/C=C\C/C=C\C/C=C\C/C=C\C/C=C\CCCCCCCOCC(COP(=O)(O)OCC[N+](C)(C)C)OC(=O)CCCCCCCCCCCCCCCC. The van der Waals surface area contributed by atoms with E-state index in [4.69, 9.17) is 18.5 Å². The number of carbonyl (C=O) groups is 1. The highest BCUT2D eigenvalue weighted by Crippen LogP contribution is 2.43. The molecule has 9 heteroatoms. The van der Waals surface area contributed by atoms with Crippen LogP contribution in [0.15, 0.2) is 72.9 Å². The van der Waals surface area contributed by atoms with Crippen molar-refractivity contribution in [1.82, 2.24) is 0 Å². The third kappa shape index (κ3) is 47.0. The van der Waals surface area contributed by atoms with Crippen molar-refractivity contribution in [3.8, 4) is 0 Å². The fourth-order valence-corrected chi connectivity index (χ4v) is 7.06. The summed E-state index contributed by atoms with van der Waals surface area (Å²) >= 11 is 0. The molecule has 0 heterocycles. The Hall–Kier alpha value is -2.06. The number of hydrogen-bond acceptors (Lipinski definition) is 6. The molecule has 0 radical (unpaired) electrons. The Balaban J connectivity index is 4.22. The zero-order valence-corrected chi connectivity index (χ0v) is 40.3. The number of esters is 1. The van der Waals surface area contributed by atoms with Crippen molar-refractivity contribution in [2.45, 2.75) is 193 Å². The molecule has 0 aliphatic carbocycles. The molecule has 0 aromatic rings. The molecule has 0 aliphatic heterocycles. The molecule has 8 nitrogen and oxygen atoms in total. The van der Waals surface area contributed by atoms with Crippen LogP contribution in [0.5, 0.6) is 0 Å². The van der Waals surface area contributed by atoms with Gasteiger partial charge in [-0.05, 0) is 64.2 Å². The largest absolute Gasteiger partial charge is 0.472 e. The van der Waals surface area contributed by atoms with Crippen molar-refractivity contribution in [1.29, 1.82) is 0 Å². The first-order chi connectivity index (χ1) is 29.1. The lowest BCUT2D eigenvalue weighted by atomic mass is 10.0. The smallest absolute Gasteiger partial charge is 0.457 e. The number of rotatable bonds is 44. The van der Waals surface area contributed by atoms with Crippen LogP contribution in [0.1, 0.15) is 187 Å². The molecule has 1 N–H and O–H groups in total. The average Bonchev–Trinajstić information content (AvgIpc) is 3.20. The van der Waals surface area contributed by atoms with Gasteiger partial charge in [-0.1, -0.05) is 189 Å². The zero-order chi connectivity index (χ0) is 44.1. The third-order valence-corrected chi connectivity index (χ3v) is 11.0. The van der Waals surface area contributed by atoms with Crippen molar-refractivity contribution in [3.05, 3.63) is 72.9 Å². The molecule has 0 aromatic heterocycles. The molecule has 0 amide bonds. The predicted octanol–water partition coefficient (Wildman–Crippen LogP) is 14.7. The van der Waals surface area contributed by atoms with Gasteiger partial charge in [-0.25, -0.2) is 4.57 Å². The van der Waals surface area contributed by atoms with Gasteiger partial charge >= 0.3 is 13.8 Å². The first-order valence-electron chi connectivity index (χ1n) is 24.2. The maximum Gasteiger partial charge on any atom is 0.472 e. The van der Waals surface area contributed by atoms with Crippen LogP contribution in [0, 0.1) is 0 Å². The molecular weight excluding hydrogens is 770 g/mol. The number of unbranched alkanes of at least 4 members (excludes halogenated alkanes) is 18. The van der Waals surface area contributed by atoms with E-state index in [1.165, 1.54) is 83.5 Å². The van der Waals surface area contributed by atoms with E-state index in [2.05, 4.69) is 86.8 Å². The van der Waals surface area contributed by atoms with Gasteiger partial charge in [0.15, 0.2) is 0 Å².